The Morgan fingerprint density at radius 1 is 0.957 bits per heavy atom. The van der Waals surface area contributed by atoms with Crippen molar-refractivity contribution in [3.8, 4) is 11.1 Å². The maximum Gasteiger partial charge on any atom is 0.414 e. The predicted octanol–water partition coefficient (Wildman–Crippen LogP) is 7.40. The Labute approximate surface area is 266 Å². The minimum Gasteiger partial charge on any atom is -0.444 e. The number of benzene rings is 1. The van der Waals surface area contributed by atoms with E-state index in [9.17, 15) is 18.8 Å². The molecule has 1 aliphatic carbocycles. The highest BCUT2D eigenvalue weighted by Gasteiger charge is 2.32. The smallest absolute Gasteiger partial charge is 0.414 e. The number of alkyl halides is 1. The number of nitrogens with zero attached hydrogens (tertiary/aromatic N) is 3. The van der Waals surface area contributed by atoms with Crippen LogP contribution in [0.1, 0.15) is 72.1 Å². The first-order valence-corrected chi connectivity index (χ1v) is 15.3. The van der Waals surface area contributed by atoms with Gasteiger partial charge in [0.1, 0.15) is 23.2 Å². The van der Waals surface area contributed by atoms with Gasteiger partial charge in [-0.15, -0.1) is 0 Å². The first-order chi connectivity index (χ1) is 21.5. The summed E-state index contributed by atoms with van der Waals surface area (Å²) in [4.78, 5) is 49.0. The molecule has 4 amide bonds. The van der Waals surface area contributed by atoms with Gasteiger partial charge in [-0.05, 0) is 97.2 Å². The number of aromatic nitrogens is 2. The predicted molar refractivity (Wildman–Crippen MR) is 171 cm³/mol. The van der Waals surface area contributed by atoms with Crippen LogP contribution in [0, 0.1) is 12.7 Å². The van der Waals surface area contributed by atoms with Crippen molar-refractivity contribution in [1.29, 1.82) is 0 Å². The molecule has 3 aromatic rings. The number of aryl methyl sites for hydroxylation is 1. The van der Waals surface area contributed by atoms with Gasteiger partial charge in [0.05, 0.1) is 17.1 Å². The van der Waals surface area contributed by atoms with Gasteiger partial charge in [0.25, 0.3) is 0 Å². The number of rotatable bonds is 4. The van der Waals surface area contributed by atoms with E-state index in [-0.39, 0.29) is 41.3 Å². The molecule has 13 heteroatoms. The van der Waals surface area contributed by atoms with Gasteiger partial charge in [0.15, 0.2) is 5.82 Å². The molecule has 246 valence electrons. The normalized spacial score (nSPS) is 17.9. The zero-order chi connectivity index (χ0) is 33.6. The van der Waals surface area contributed by atoms with Crippen molar-refractivity contribution in [3.63, 3.8) is 0 Å². The standard InChI is InChI=1S/C33H40F2N6O5/c1-17-22(15-36-24-9-8-10-41(28(17)24)31(44)46-33(5,6)7)21-11-18-12-25(39-29(42)38-20-13-19(34)14-20)37-16-23(18)27(26(21)35)40-30(43)45-32(2,3)4/h11-12,15-16,19-20H,8-10,13-14H2,1-7H3,(H,40,43)(H2,37,38,39,42). The molecule has 2 aliphatic rings. The maximum atomic E-state index is 16.6. The summed E-state index contributed by atoms with van der Waals surface area (Å²) in [6.07, 6.45) is 2.41. The van der Waals surface area contributed by atoms with Crippen molar-refractivity contribution in [2.45, 2.75) is 97.6 Å². The molecular formula is C33H40F2N6O5. The first-order valence-electron chi connectivity index (χ1n) is 15.3. The van der Waals surface area contributed by atoms with Gasteiger partial charge < -0.3 is 14.8 Å². The lowest BCUT2D eigenvalue weighted by atomic mass is 9.91. The Bertz CT molecular complexity index is 1690. The summed E-state index contributed by atoms with van der Waals surface area (Å²) in [5, 5.41) is 8.59. The number of urea groups is 1. The van der Waals surface area contributed by atoms with E-state index in [0.29, 0.717) is 47.3 Å². The highest BCUT2D eigenvalue weighted by atomic mass is 19.1. The van der Waals surface area contributed by atoms with Crippen molar-refractivity contribution in [1.82, 2.24) is 15.3 Å². The molecule has 3 N–H and O–H groups in total. The number of carbonyl (C=O) groups excluding carboxylic acids is 3. The summed E-state index contributed by atoms with van der Waals surface area (Å²) >= 11 is 0. The largest absolute Gasteiger partial charge is 0.444 e. The lowest BCUT2D eigenvalue weighted by Gasteiger charge is -2.33. The van der Waals surface area contributed by atoms with Gasteiger partial charge in [-0.3, -0.25) is 20.5 Å². The Morgan fingerprint density at radius 3 is 2.30 bits per heavy atom. The fourth-order valence-corrected chi connectivity index (χ4v) is 5.54. The third-order valence-corrected chi connectivity index (χ3v) is 7.60. The van der Waals surface area contributed by atoms with Gasteiger partial charge in [-0.25, -0.2) is 28.1 Å². The highest BCUT2D eigenvalue weighted by molar-refractivity contribution is 6.05. The molecule has 0 bridgehead atoms. The molecule has 0 unspecified atom stereocenters. The second-order valence-corrected chi connectivity index (χ2v) is 13.7. The number of nitrogens with one attached hydrogen (secondary N) is 3. The van der Waals surface area contributed by atoms with Gasteiger partial charge in [0.2, 0.25) is 0 Å². The van der Waals surface area contributed by atoms with E-state index >= 15 is 4.39 Å². The maximum absolute atomic E-state index is 16.6. The Balaban J connectivity index is 1.59. The first kappa shape index (κ1) is 32.8. The second-order valence-electron chi connectivity index (χ2n) is 13.7. The second kappa shape index (κ2) is 12.3. The zero-order valence-electron chi connectivity index (χ0n) is 27.1. The number of fused-ring (bicyclic) bond motifs is 2. The summed E-state index contributed by atoms with van der Waals surface area (Å²) in [7, 11) is 0. The molecule has 0 spiro atoms. The van der Waals surface area contributed by atoms with Gasteiger partial charge in [-0.1, -0.05) is 0 Å². The van der Waals surface area contributed by atoms with E-state index in [0.717, 1.165) is 0 Å². The van der Waals surface area contributed by atoms with E-state index in [1.165, 1.54) is 11.1 Å². The number of ether oxygens (including phenoxy) is 2. The lowest BCUT2D eigenvalue weighted by molar-refractivity contribution is 0.0575. The van der Waals surface area contributed by atoms with Gasteiger partial charge in [-0.2, -0.15) is 0 Å². The van der Waals surface area contributed by atoms with Crippen molar-refractivity contribution < 1.29 is 32.6 Å². The van der Waals surface area contributed by atoms with Crippen molar-refractivity contribution >= 4 is 46.2 Å². The molecule has 3 heterocycles. The van der Waals surface area contributed by atoms with Crippen LogP contribution in [-0.2, 0) is 15.9 Å². The fraction of sp³-hybridized carbons (Fsp3) is 0.485. The number of halogens is 2. The van der Waals surface area contributed by atoms with Crippen molar-refractivity contribution in [3.05, 3.63) is 41.6 Å². The molecule has 46 heavy (non-hydrogen) atoms. The summed E-state index contributed by atoms with van der Waals surface area (Å²) in [6.45, 7) is 12.6. The number of hydrogen-bond acceptors (Lipinski definition) is 7. The SMILES string of the molecule is Cc1c(-c2cc3cc(NC(=O)NC4CC(F)C4)ncc3c(NC(=O)OC(C)(C)C)c2F)cnc2c1N(C(=O)OC(C)(C)C)CCC2. The highest BCUT2D eigenvalue weighted by Crippen LogP contribution is 2.41. The van der Waals surface area contributed by atoms with E-state index in [2.05, 4.69) is 25.9 Å². The van der Waals surface area contributed by atoms with Crippen LogP contribution in [0.5, 0.6) is 0 Å². The number of pyridine rings is 2. The Morgan fingerprint density at radius 2 is 1.65 bits per heavy atom. The molecule has 0 radical (unpaired) electrons. The van der Waals surface area contributed by atoms with Crippen LogP contribution in [0.2, 0.25) is 0 Å². The van der Waals surface area contributed by atoms with E-state index in [1.807, 2.05) is 0 Å². The molecule has 5 rings (SSSR count). The summed E-state index contributed by atoms with van der Waals surface area (Å²) < 4.78 is 40.8. The van der Waals surface area contributed by atoms with E-state index < -0.39 is 41.4 Å². The zero-order valence-corrected chi connectivity index (χ0v) is 27.1. The van der Waals surface area contributed by atoms with Crippen LogP contribution in [0.4, 0.5) is 40.4 Å². The van der Waals surface area contributed by atoms with Crippen molar-refractivity contribution in [2.24, 2.45) is 0 Å². The van der Waals surface area contributed by atoms with Gasteiger partial charge >= 0.3 is 18.2 Å². The quantitative estimate of drug-likeness (QED) is 0.271. The lowest BCUT2D eigenvalue weighted by Crippen LogP contribution is -2.46. The number of carbonyl (C=O) groups is 3. The fourth-order valence-electron chi connectivity index (χ4n) is 5.54. The average molecular weight is 639 g/mol. The van der Waals surface area contributed by atoms with Crippen LogP contribution in [0.15, 0.2) is 24.5 Å². The van der Waals surface area contributed by atoms with Crippen LogP contribution in [-0.4, -0.2) is 58.1 Å². The van der Waals surface area contributed by atoms with Crippen LogP contribution in [0.25, 0.3) is 21.9 Å². The summed E-state index contributed by atoms with van der Waals surface area (Å²) in [6, 6.07) is 2.31. The van der Waals surface area contributed by atoms with Crippen LogP contribution in [0.3, 0.4) is 0 Å². The van der Waals surface area contributed by atoms with E-state index in [1.54, 1.807) is 66.8 Å². The molecule has 1 fully saturated rings. The minimum absolute atomic E-state index is 0.103. The van der Waals surface area contributed by atoms with Crippen LogP contribution < -0.4 is 20.9 Å². The molecule has 1 aliphatic heterocycles. The third kappa shape index (κ3) is 7.29. The monoisotopic (exact) mass is 638 g/mol. The van der Waals surface area contributed by atoms with Crippen molar-refractivity contribution in [2.75, 3.05) is 22.1 Å². The number of amides is 4. The summed E-state index contributed by atoms with van der Waals surface area (Å²) in [5.41, 5.74) is 0.624. The number of anilines is 3. The third-order valence-electron chi connectivity index (χ3n) is 7.60. The van der Waals surface area contributed by atoms with E-state index in [4.69, 9.17) is 9.47 Å². The summed E-state index contributed by atoms with van der Waals surface area (Å²) in [5.74, 6) is -0.591. The molecule has 0 atom stereocenters. The van der Waals surface area contributed by atoms with Gasteiger partial charge in [0, 0.05) is 41.5 Å². The molecular weight excluding hydrogens is 598 g/mol. The topological polar surface area (TPSA) is 135 Å². The molecule has 1 saturated carbocycles. The Hall–Kier alpha value is -4.55. The average Bonchev–Trinajstić information content (AvgIpc) is 2.92. The molecule has 1 aromatic carbocycles. The number of hydrogen-bond donors (Lipinski definition) is 3. The molecule has 0 saturated heterocycles. The Kier molecular flexibility index (Phi) is 8.80. The van der Waals surface area contributed by atoms with Crippen LogP contribution >= 0.6 is 0 Å². The minimum atomic E-state index is -0.925. The molecule has 2 aromatic heterocycles. The molecule has 11 nitrogen and oxygen atoms in total.